The molecule has 172 valence electrons. The molecule has 33 heavy (non-hydrogen) atoms. The lowest BCUT2D eigenvalue weighted by Gasteiger charge is -2.33. The van der Waals surface area contributed by atoms with Crippen molar-refractivity contribution in [1.82, 2.24) is 9.88 Å². The number of pyridine rings is 1. The second kappa shape index (κ2) is 7.66. The summed E-state index contributed by atoms with van der Waals surface area (Å²) in [6, 6.07) is 4.84. The molecule has 3 aliphatic rings. The fourth-order valence-electron chi connectivity index (χ4n) is 4.79. The molecule has 5 rings (SSSR count). The molecule has 0 radical (unpaired) electrons. The highest BCUT2D eigenvalue weighted by Gasteiger charge is 2.42. The zero-order valence-corrected chi connectivity index (χ0v) is 20.2. The Morgan fingerprint density at radius 1 is 1.24 bits per heavy atom. The van der Waals surface area contributed by atoms with Crippen molar-refractivity contribution in [3.8, 4) is 0 Å². The lowest BCUT2D eigenvalue weighted by atomic mass is 9.92. The highest BCUT2D eigenvalue weighted by atomic mass is 79.9. The number of aromatic nitrogens is 1. The number of hydrogen-bond donors (Lipinski definition) is 1. The molecule has 10 heteroatoms. The Bertz CT molecular complexity index is 1470. The van der Waals surface area contributed by atoms with Crippen LogP contribution in [0.15, 0.2) is 57.1 Å². The van der Waals surface area contributed by atoms with E-state index in [-0.39, 0.29) is 23.0 Å². The molecule has 1 aromatic heterocycles. The largest absolute Gasteiger partial charge is 0.384 e. The van der Waals surface area contributed by atoms with Crippen molar-refractivity contribution < 1.29 is 17.2 Å². The Kier molecular flexibility index (Phi) is 5.13. The number of nitrogens with one attached hydrogen (secondary N) is 1. The van der Waals surface area contributed by atoms with Crippen LogP contribution in [0.2, 0.25) is 0 Å². The smallest absolute Gasteiger partial charge is 0.260 e. The summed E-state index contributed by atoms with van der Waals surface area (Å²) in [6.45, 7) is 0.523. The van der Waals surface area contributed by atoms with Gasteiger partial charge in [-0.05, 0) is 57.8 Å². The predicted octanol–water partition coefficient (Wildman–Crippen LogP) is 3.30. The number of anilines is 1. The highest BCUT2D eigenvalue weighted by Crippen LogP contribution is 2.49. The van der Waals surface area contributed by atoms with Crippen LogP contribution >= 0.6 is 15.9 Å². The number of hydrogen-bond acceptors (Lipinski definition) is 5. The number of sulfone groups is 1. The normalized spacial score (nSPS) is 19.7. The molecule has 0 amide bonds. The van der Waals surface area contributed by atoms with Crippen molar-refractivity contribution in [2.24, 2.45) is 7.05 Å². The zero-order valence-electron chi connectivity index (χ0n) is 17.8. The molecule has 0 fully saturated rings. The third kappa shape index (κ3) is 3.56. The van der Waals surface area contributed by atoms with E-state index in [9.17, 15) is 22.0 Å². The average Bonchev–Trinajstić information content (AvgIpc) is 2.91. The molecule has 0 saturated heterocycles. The molecule has 1 aliphatic carbocycles. The van der Waals surface area contributed by atoms with Gasteiger partial charge in [0.1, 0.15) is 11.6 Å². The number of rotatable bonds is 3. The van der Waals surface area contributed by atoms with Gasteiger partial charge in [-0.1, -0.05) is 0 Å². The molecular weight excluding hydrogens is 516 g/mol. The number of nitrogens with zero attached hydrogens (tertiary/aromatic N) is 2. The van der Waals surface area contributed by atoms with E-state index < -0.39 is 21.5 Å². The molecule has 6 nitrogen and oxygen atoms in total. The molecule has 2 aromatic rings. The summed E-state index contributed by atoms with van der Waals surface area (Å²) in [5.74, 6) is -1.64. The predicted molar refractivity (Wildman–Crippen MR) is 127 cm³/mol. The van der Waals surface area contributed by atoms with Crippen LogP contribution in [0.4, 0.5) is 14.5 Å². The van der Waals surface area contributed by atoms with Crippen LogP contribution in [-0.4, -0.2) is 37.6 Å². The minimum Gasteiger partial charge on any atom is -0.384 e. The summed E-state index contributed by atoms with van der Waals surface area (Å²) in [6.07, 6.45) is 5.12. The molecule has 3 heterocycles. The van der Waals surface area contributed by atoms with Crippen LogP contribution in [0.5, 0.6) is 0 Å². The molecule has 1 N–H and O–H groups in total. The molecule has 0 spiro atoms. The molecular formula is C23H20BrF2N3O3S. The Morgan fingerprint density at radius 2 is 2.00 bits per heavy atom. The van der Waals surface area contributed by atoms with E-state index in [1.54, 1.807) is 30.3 Å². The van der Waals surface area contributed by atoms with Crippen molar-refractivity contribution in [3.63, 3.8) is 0 Å². The van der Waals surface area contributed by atoms with Gasteiger partial charge in [0.25, 0.3) is 5.56 Å². The molecule has 1 atom stereocenters. The Labute approximate surface area is 198 Å². The van der Waals surface area contributed by atoms with Crippen molar-refractivity contribution >= 4 is 42.7 Å². The first-order chi connectivity index (χ1) is 15.6. The summed E-state index contributed by atoms with van der Waals surface area (Å²) < 4.78 is 54.9. The van der Waals surface area contributed by atoms with E-state index >= 15 is 0 Å². The maximum Gasteiger partial charge on any atom is 0.260 e. The maximum atomic E-state index is 14.8. The standard InChI is InChI=1S/C23H20BrF2N3O3S/c1-28-8-6-14-12(11-33(2,31)32)9-15-19-18(5-7-27-21(19)20(14)23(28)30)29(22(15)24)17-4-3-13(25)10-16(17)26/h3-4,6,8-10,18,27H,5,7,11H2,1-2H3. The fraction of sp³-hybridized carbons (Fsp3) is 0.261. The first-order valence-electron chi connectivity index (χ1n) is 10.3. The van der Waals surface area contributed by atoms with Crippen LogP contribution in [0.1, 0.15) is 17.5 Å². The first-order valence-corrected chi connectivity index (χ1v) is 13.1. The average molecular weight is 536 g/mol. The first kappa shape index (κ1) is 22.1. The van der Waals surface area contributed by atoms with Crippen LogP contribution in [0, 0.1) is 11.6 Å². The Morgan fingerprint density at radius 3 is 2.70 bits per heavy atom. The lowest BCUT2D eigenvalue weighted by molar-refractivity contribution is 0.572. The van der Waals surface area contributed by atoms with Gasteiger partial charge in [-0.2, -0.15) is 0 Å². The number of allylic oxidation sites excluding steroid dienone is 1. The summed E-state index contributed by atoms with van der Waals surface area (Å²) in [5.41, 5.74) is 3.43. The summed E-state index contributed by atoms with van der Waals surface area (Å²) in [7, 11) is -1.78. The van der Waals surface area contributed by atoms with Gasteiger partial charge in [-0.25, -0.2) is 17.2 Å². The maximum absolute atomic E-state index is 14.8. The van der Waals surface area contributed by atoms with Crippen LogP contribution in [-0.2, 0) is 16.9 Å². The summed E-state index contributed by atoms with van der Waals surface area (Å²) >= 11 is 3.60. The second-order valence-corrected chi connectivity index (χ2v) is 11.3. The topological polar surface area (TPSA) is 71.4 Å². The van der Waals surface area contributed by atoms with Gasteiger partial charge >= 0.3 is 0 Å². The van der Waals surface area contributed by atoms with Gasteiger partial charge in [-0.3, -0.25) is 4.79 Å². The minimum absolute atomic E-state index is 0.196. The lowest BCUT2D eigenvalue weighted by Crippen LogP contribution is -2.39. The Balaban J connectivity index is 1.83. The van der Waals surface area contributed by atoms with Crippen LogP contribution in [0.3, 0.4) is 0 Å². The second-order valence-electron chi connectivity index (χ2n) is 8.45. The summed E-state index contributed by atoms with van der Waals surface area (Å²) in [4.78, 5) is 15.0. The van der Waals surface area contributed by atoms with Gasteiger partial charge in [0.05, 0.1) is 33.3 Å². The minimum atomic E-state index is -3.42. The molecule has 1 aromatic carbocycles. The van der Waals surface area contributed by atoms with Crippen molar-refractivity contribution in [1.29, 1.82) is 0 Å². The third-order valence-electron chi connectivity index (χ3n) is 6.13. The van der Waals surface area contributed by atoms with Crippen LogP contribution in [0.25, 0.3) is 11.3 Å². The third-order valence-corrected chi connectivity index (χ3v) is 7.77. The number of fused-ring (bicyclic) bond motifs is 2. The van der Waals surface area contributed by atoms with Crippen molar-refractivity contribution in [2.45, 2.75) is 12.5 Å². The SMILES string of the molecule is Cn1ccc2c(c1=O)C1=C3C(=C(Br)N(c4ccc(F)cc4F)C3CCN1)C=C2CS(C)(=O)=O. The summed E-state index contributed by atoms with van der Waals surface area (Å²) in [5, 5.41) is 3.33. The molecule has 2 aliphatic heterocycles. The van der Waals surface area contributed by atoms with Crippen molar-refractivity contribution in [3.05, 3.63) is 85.4 Å². The van der Waals surface area contributed by atoms with E-state index in [1.165, 1.54) is 16.7 Å². The van der Waals surface area contributed by atoms with Gasteiger partial charge < -0.3 is 14.8 Å². The van der Waals surface area contributed by atoms with Crippen LogP contribution < -0.4 is 15.8 Å². The van der Waals surface area contributed by atoms with E-state index in [0.29, 0.717) is 45.5 Å². The number of aryl methyl sites for hydroxylation is 1. The van der Waals surface area contributed by atoms with Crippen molar-refractivity contribution in [2.75, 3.05) is 23.5 Å². The van der Waals surface area contributed by atoms with Gasteiger partial charge in [0.15, 0.2) is 9.84 Å². The van der Waals surface area contributed by atoms with Gasteiger partial charge in [0.2, 0.25) is 0 Å². The molecule has 0 bridgehead atoms. The van der Waals surface area contributed by atoms with E-state index in [0.717, 1.165) is 17.9 Å². The van der Waals surface area contributed by atoms with E-state index in [2.05, 4.69) is 21.2 Å². The Hall–Kier alpha value is -2.72. The van der Waals surface area contributed by atoms with E-state index in [4.69, 9.17) is 0 Å². The van der Waals surface area contributed by atoms with Gasteiger partial charge in [0, 0.05) is 43.3 Å². The fourth-order valence-corrected chi connectivity index (χ4v) is 6.36. The van der Waals surface area contributed by atoms with Gasteiger partial charge in [-0.15, -0.1) is 0 Å². The monoisotopic (exact) mass is 535 g/mol. The molecule has 1 unspecified atom stereocenters. The quantitative estimate of drug-likeness (QED) is 0.610. The zero-order chi connectivity index (χ0) is 23.7. The number of benzene rings is 1. The van der Waals surface area contributed by atoms with E-state index in [1.807, 2.05) is 0 Å². The molecule has 0 saturated carbocycles. The number of halogens is 3. The highest BCUT2D eigenvalue weighted by molar-refractivity contribution is 9.11.